The number of aliphatic hydroxyl groups is 1. The zero-order valence-corrected chi connectivity index (χ0v) is 20.1. The van der Waals surface area contributed by atoms with Crippen molar-refractivity contribution in [1.29, 1.82) is 0 Å². The minimum Gasteiger partial charge on any atom is -0.386 e. The number of hydrogen-bond acceptors (Lipinski definition) is 10. The summed E-state index contributed by atoms with van der Waals surface area (Å²) in [6, 6.07) is 2.30. The number of nitrogens with two attached hydrogens (primary N) is 2. The maximum absolute atomic E-state index is 13.0. The lowest BCUT2D eigenvalue weighted by atomic mass is 9.87. The van der Waals surface area contributed by atoms with E-state index in [0.29, 0.717) is 5.56 Å². The highest BCUT2D eigenvalue weighted by Crippen LogP contribution is 2.40. The number of carbonyl (C=O) groups excluding carboxylic acids is 3. The third-order valence-electron chi connectivity index (χ3n) is 7.42. The van der Waals surface area contributed by atoms with Gasteiger partial charge in [0.25, 0.3) is 0 Å². The smallest absolute Gasteiger partial charge is 0.386 e. The molecule has 1 spiro atoms. The van der Waals surface area contributed by atoms with Crippen LogP contribution in [0.25, 0.3) is 0 Å². The van der Waals surface area contributed by atoms with E-state index < -0.39 is 47.5 Å². The highest BCUT2D eigenvalue weighted by molar-refractivity contribution is 6.02. The fourth-order valence-electron chi connectivity index (χ4n) is 5.64. The quantitative estimate of drug-likeness (QED) is 0.276. The summed E-state index contributed by atoms with van der Waals surface area (Å²) in [6.07, 6.45) is -5.61. The van der Waals surface area contributed by atoms with Gasteiger partial charge in [-0.15, -0.1) is 0 Å². The highest BCUT2D eigenvalue weighted by atomic mass is 19.4. The number of nitrogens with zero attached hydrogens (tertiary/aromatic N) is 4. The Kier molecular flexibility index (Phi) is 6.20. The third-order valence-corrected chi connectivity index (χ3v) is 7.42. The average Bonchev–Trinajstić information content (AvgIpc) is 3.47. The van der Waals surface area contributed by atoms with Crippen LogP contribution in [-0.4, -0.2) is 87.5 Å². The van der Waals surface area contributed by atoms with Crippen LogP contribution in [0.4, 0.5) is 13.2 Å². The zero-order valence-electron chi connectivity index (χ0n) is 20.1. The number of aliphatic hydroxyl groups excluding tert-OH is 1. The van der Waals surface area contributed by atoms with Crippen LogP contribution in [0, 0.1) is 0 Å². The van der Waals surface area contributed by atoms with Crippen LogP contribution in [0.5, 0.6) is 0 Å². The van der Waals surface area contributed by atoms with Crippen molar-refractivity contribution in [2.45, 2.75) is 61.8 Å². The molecule has 1 aromatic carbocycles. The number of benzene rings is 1. The Morgan fingerprint density at radius 1 is 1.21 bits per heavy atom. The predicted molar refractivity (Wildman–Crippen MR) is 127 cm³/mol. The molecule has 0 bridgehead atoms. The van der Waals surface area contributed by atoms with Gasteiger partial charge in [-0.05, 0) is 18.1 Å². The summed E-state index contributed by atoms with van der Waals surface area (Å²) in [5, 5.41) is 17.1. The second-order valence-corrected chi connectivity index (χ2v) is 9.79. The Balaban J connectivity index is 1.29. The number of likely N-dealkylation sites (tertiary alicyclic amines) is 1. The van der Waals surface area contributed by atoms with Gasteiger partial charge in [0.2, 0.25) is 17.7 Å². The molecule has 1 aromatic rings. The van der Waals surface area contributed by atoms with Crippen LogP contribution < -0.4 is 22.1 Å². The van der Waals surface area contributed by atoms with Crippen molar-refractivity contribution in [3.05, 3.63) is 35.4 Å². The van der Waals surface area contributed by atoms with Gasteiger partial charge in [0.15, 0.2) is 17.6 Å². The van der Waals surface area contributed by atoms with Gasteiger partial charge in [0.1, 0.15) is 12.1 Å². The van der Waals surface area contributed by atoms with Crippen molar-refractivity contribution < 1.29 is 32.7 Å². The van der Waals surface area contributed by atoms with E-state index in [0.717, 1.165) is 17.0 Å². The lowest BCUT2D eigenvalue weighted by Crippen LogP contribution is -2.73. The van der Waals surface area contributed by atoms with Gasteiger partial charge >= 0.3 is 6.18 Å². The van der Waals surface area contributed by atoms with E-state index in [4.69, 9.17) is 11.5 Å². The Morgan fingerprint density at radius 3 is 2.61 bits per heavy atom. The van der Waals surface area contributed by atoms with Crippen molar-refractivity contribution in [3.8, 4) is 0 Å². The first-order valence-electron chi connectivity index (χ1n) is 12.1. The normalized spacial score (nSPS) is 30.5. The number of alkyl halides is 3. The number of aryl methyl sites for hydroxylation is 1. The summed E-state index contributed by atoms with van der Waals surface area (Å²) >= 11 is 0. The third kappa shape index (κ3) is 4.29. The molecule has 3 amide bonds. The largest absolute Gasteiger partial charge is 0.416 e. The van der Waals surface area contributed by atoms with Crippen LogP contribution in [0.15, 0.2) is 34.3 Å². The van der Waals surface area contributed by atoms with Crippen molar-refractivity contribution in [2.75, 3.05) is 13.1 Å². The SMILES string of the molecule is NC1=NC2[C@H](CN3C(=O)CCC3=O)N=C(N)N3CC(NC(=O)CCc4cccc(C(F)(F)F)c4)[C@@H](O)C23N1. The minimum atomic E-state index is -4.49. The molecule has 0 aliphatic carbocycles. The van der Waals surface area contributed by atoms with Gasteiger partial charge in [-0.25, -0.2) is 9.98 Å². The molecular weight excluding hydrogens is 509 g/mol. The molecular formula is C23H27F3N8O4. The molecule has 2 fully saturated rings. The number of imide groups is 1. The predicted octanol–water partition coefficient (Wildman–Crippen LogP) is -1.37. The maximum atomic E-state index is 13.0. The zero-order chi connectivity index (χ0) is 27.4. The Morgan fingerprint density at radius 2 is 1.92 bits per heavy atom. The van der Waals surface area contributed by atoms with Crippen LogP contribution in [0.1, 0.15) is 30.4 Å². The monoisotopic (exact) mass is 536 g/mol. The standard InChI is InChI=1S/C23H27F3N8O4/c24-23(25,26)12-3-1-2-11(8-12)4-5-15(35)29-14-10-34-21(28)30-13(9-33-16(36)6-7-17(33)37)18-22(34,19(14)38)32-20(27)31-18/h1-3,8,13-14,18-19,38H,4-7,9-10H2,(H2,28,30)(H,29,35)(H3,27,31,32)/t13-,14?,18?,19+,22?/m0/s1. The van der Waals surface area contributed by atoms with Crippen LogP contribution in [0.2, 0.25) is 0 Å². The number of guanidine groups is 2. The molecule has 12 nitrogen and oxygen atoms in total. The molecule has 5 rings (SSSR count). The van der Waals surface area contributed by atoms with Gasteiger partial charge < -0.3 is 32.1 Å². The van der Waals surface area contributed by atoms with Gasteiger partial charge in [-0.2, -0.15) is 13.2 Å². The molecule has 38 heavy (non-hydrogen) atoms. The first kappa shape index (κ1) is 25.8. The maximum Gasteiger partial charge on any atom is 0.416 e. The summed E-state index contributed by atoms with van der Waals surface area (Å²) in [6.45, 7) is -0.0375. The number of nitrogens with one attached hydrogen (secondary N) is 2. The second kappa shape index (κ2) is 9.15. The molecule has 3 unspecified atom stereocenters. The summed E-state index contributed by atoms with van der Waals surface area (Å²) < 4.78 is 38.9. The van der Waals surface area contributed by atoms with E-state index in [9.17, 15) is 32.7 Å². The van der Waals surface area contributed by atoms with E-state index >= 15 is 0 Å². The summed E-state index contributed by atoms with van der Waals surface area (Å²) in [5.74, 6) is -1.12. The van der Waals surface area contributed by atoms with Gasteiger partial charge in [-0.1, -0.05) is 18.2 Å². The molecule has 0 saturated carbocycles. The van der Waals surface area contributed by atoms with E-state index in [1.807, 2.05) is 0 Å². The molecule has 7 N–H and O–H groups in total. The van der Waals surface area contributed by atoms with Gasteiger partial charge in [0, 0.05) is 25.8 Å². The average molecular weight is 537 g/mol. The fourth-order valence-corrected chi connectivity index (χ4v) is 5.64. The molecule has 4 heterocycles. The molecule has 0 radical (unpaired) electrons. The van der Waals surface area contributed by atoms with Crippen LogP contribution >= 0.6 is 0 Å². The topological polar surface area (TPSA) is 179 Å². The van der Waals surface area contributed by atoms with E-state index in [1.165, 1.54) is 12.1 Å². The fraction of sp³-hybridized carbons (Fsp3) is 0.522. The van der Waals surface area contributed by atoms with Crippen LogP contribution in [0.3, 0.4) is 0 Å². The van der Waals surface area contributed by atoms with Crippen LogP contribution in [-0.2, 0) is 27.0 Å². The number of halogens is 3. The van der Waals surface area contributed by atoms with Crippen molar-refractivity contribution in [2.24, 2.45) is 21.5 Å². The van der Waals surface area contributed by atoms with Crippen molar-refractivity contribution in [1.82, 2.24) is 20.4 Å². The molecule has 15 heteroatoms. The Labute approximate surface area is 214 Å². The van der Waals surface area contributed by atoms with E-state index in [2.05, 4.69) is 20.6 Å². The first-order chi connectivity index (χ1) is 17.9. The molecule has 4 aliphatic heterocycles. The minimum absolute atomic E-state index is 0.00421. The Hall–Kier alpha value is -3.88. The van der Waals surface area contributed by atoms with Crippen molar-refractivity contribution >= 4 is 29.6 Å². The number of amides is 3. The highest BCUT2D eigenvalue weighted by Gasteiger charge is 2.65. The number of aliphatic imine (C=N–C) groups is 2. The van der Waals surface area contributed by atoms with Gasteiger partial charge in [0.05, 0.1) is 24.2 Å². The summed E-state index contributed by atoms with van der Waals surface area (Å²) in [4.78, 5) is 48.6. The van der Waals surface area contributed by atoms with Gasteiger partial charge in [-0.3, -0.25) is 19.3 Å². The number of hydrogen-bond donors (Lipinski definition) is 5. The molecule has 5 atom stereocenters. The number of carbonyl (C=O) groups is 3. The molecule has 2 saturated heterocycles. The Bertz CT molecular complexity index is 1220. The second-order valence-electron chi connectivity index (χ2n) is 9.79. The molecule has 0 aromatic heterocycles. The molecule has 204 valence electrons. The molecule has 4 aliphatic rings. The first-order valence-corrected chi connectivity index (χ1v) is 12.1. The van der Waals surface area contributed by atoms with E-state index in [-0.39, 0.29) is 62.5 Å². The summed E-state index contributed by atoms with van der Waals surface area (Å²) in [5.41, 5.74) is 10.4. The summed E-state index contributed by atoms with van der Waals surface area (Å²) in [7, 11) is 0. The lowest BCUT2D eigenvalue weighted by molar-refractivity contribution is -0.139. The number of rotatable bonds is 6. The lowest BCUT2D eigenvalue weighted by Gasteiger charge is -2.46. The van der Waals surface area contributed by atoms with Crippen molar-refractivity contribution in [3.63, 3.8) is 0 Å². The van der Waals surface area contributed by atoms with E-state index in [1.54, 1.807) is 4.90 Å².